The second-order valence-corrected chi connectivity index (χ2v) is 5.08. The number of amides is 1. The standard InChI is InChI=1S/C15H13ClN2O/c16-14-6-5-12(17)7-13(14)15(19)18-8-10-3-1-2-4-11(10)9-18/h1-7H,8-9,17H2. The Balaban J connectivity index is 1.89. The maximum absolute atomic E-state index is 12.5. The zero-order chi connectivity index (χ0) is 13.4. The van der Waals surface area contributed by atoms with Crippen molar-refractivity contribution in [2.24, 2.45) is 0 Å². The smallest absolute Gasteiger partial charge is 0.256 e. The highest BCUT2D eigenvalue weighted by atomic mass is 35.5. The third-order valence-corrected chi connectivity index (χ3v) is 3.68. The second kappa shape index (κ2) is 4.59. The molecule has 2 aromatic carbocycles. The van der Waals surface area contributed by atoms with E-state index in [9.17, 15) is 4.79 Å². The maximum Gasteiger partial charge on any atom is 0.256 e. The van der Waals surface area contributed by atoms with E-state index in [1.807, 2.05) is 24.3 Å². The van der Waals surface area contributed by atoms with Crippen LogP contribution in [0.3, 0.4) is 0 Å². The lowest BCUT2D eigenvalue weighted by Gasteiger charge is -2.16. The minimum absolute atomic E-state index is 0.0755. The highest BCUT2D eigenvalue weighted by Gasteiger charge is 2.25. The first-order chi connectivity index (χ1) is 9.15. The fourth-order valence-corrected chi connectivity index (χ4v) is 2.55. The summed E-state index contributed by atoms with van der Waals surface area (Å²) in [4.78, 5) is 14.3. The van der Waals surface area contributed by atoms with Crippen LogP contribution < -0.4 is 5.73 Å². The van der Waals surface area contributed by atoms with Crippen LogP contribution in [-0.2, 0) is 13.1 Å². The van der Waals surface area contributed by atoms with E-state index in [1.165, 1.54) is 11.1 Å². The summed E-state index contributed by atoms with van der Waals surface area (Å²) < 4.78 is 0. The van der Waals surface area contributed by atoms with E-state index in [1.54, 1.807) is 23.1 Å². The average Bonchev–Trinajstić information content (AvgIpc) is 2.84. The van der Waals surface area contributed by atoms with Gasteiger partial charge in [0, 0.05) is 18.8 Å². The van der Waals surface area contributed by atoms with E-state index in [4.69, 9.17) is 17.3 Å². The Kier molecular flexibility index (Phi) is 2.91. The second-order valence-electron chi connectivity index (χ2n) is 4.67. The SMILES string of the molecule is Nc1ccc(Cl)c(C(=O)N2Cc3ccccc3C2)c1. The summed E-state index contributed by atoms with van der Waals surface area (Å²) in [6.07, 6.45) is 0. The monoisotopic (exact) mass is 272 g/mol. The number of halogens is 1. The Hall–Kier alpha value is -2.00. The molecule has 0 aromatic heterocycles. The normalized spacial score (nSPS) is 13.4. The molecule has 0 spiro atoms. The largest absolute Gasteiger partial charge is 0.399 e. The molecule has 1 amide bonds. The molecule has 1 heterocycles. The van der Waals surface area contributed by atoms with Gasteiger partial charge >= 0.3 is 0 Å². The van der Waals surface area contributed by atoms with E-state index in [2.05, 4.69) is 0 Å². The van der Waals surface area contributed by atoms with Crippen LogP contribution >= 0.6 is 11.6 Å². The van der Waals surface area contributed by atoms with Gasteiger partial charge in [0.1, 0.15) is 0 Å². The predicted octanol–water partition coefficient (Wildman–Crippen LogP) is 3.08. The van der Waals surface area contributed by atoms with Gasteiger partial charge in [-0.25, -0.2) is 0 Å². The summed E-state index contributed by atoms with van der Waals surface area (Å²) in [6, 6.07) is 13.0. The van der Waals surface area contributed by atoms with Crippen LogP contribution in [0.15, 0.2) is 42.5 Å². The number of hydrogen-bond acceptors (Lipinski definition) is 2. The van der Waals surface area contributed by atoms with E-state index in [-0.39, 0.29) is 5.91 Å². The molecule has 0 saturated carbocycles. The van der Waals surface area contributed by atoms with Gasteiger partial charge < -0.3 is 10.6 Å². The van der Waals surface area contributed by atoms with Crippen LogP contribution in [0.2, 0.25) is 5.02 Å². The lowest BCUT2D eigenvalue weighted by atomic mass is 10.1. The Morgan fingerprint density at radius 2 is 1.74 bits per heavy atom. The van der Waals surface area contributed by atoms with Crippen molar-refractivity contribution in [1.82, 2.24) is 4.90 Å². The van der Waals surface area contributed by atoms with Gasteiger partial charge in [-0.2, -0.15) is 0 Å². The molecule has 3 rings (SSSR count). The number of fused-ring (bicyclic) bond motifs is 1. The van der Waals surface area contributed by atoms with E-state index < -0.39 is 0 Å². The molecule has 2 aromatic rings. The number of rotatable bonds is 1. The predicted molar refractivity (Wildman–Crippen MR) is 75.9 cm³/mol. The molecule has 3 nitrogen and oxygen atoms in total. The van der Waals surface area contributed by atoms with Crippen LogP contribution in [0, 0.1) is 0 Å². The first kappa shape index (κ1) is 12.1. The Morgan fingerprint density at radius 3 is 2.37 bits per heavy atom. The number of hydrogen-bond donors (Lipinski definition) is 1. The van der Waals surface area contributed by atoms with Gasteiger partial charge in [-0.3, -0.25) is 4.79 Å². The van der Waals surface area contributed by atoms with Crippen molar-refractivity contribution >= 4 is 23.2 Å². The zero-order valence-electron chi connectivity index (χ0n) is 10.3. The number of nitrogen functional groups attached to an aromatic ring is 1. The fourth-order valence-electron chi connectivity index (χ4n) is 2.35. The van der Waals surface area contributed by atoms with Crippen molar-refractivity contribution in [1.29, 1.82) is 0 Å². The van der Waals surface area contributed by atoms with Crippen molar-refractivity contribution in [3.05, 3.63) is 64.2 Å². The van der Waals surface area contributed by atoms with Crippen molar-refractivity contribution < 1.29 is 4.79 Å². The summed E-state index contributed by atoms with van der Waals surface area (Å²) in [5, 5.41) is 0.440. The summed E-state index contributed by atoms with van der Waals surface area (Å²) in [7, 11) is 0. The van der Waals surface area contributed by atoms with Crippen molar-refractivity contribution in [2.75, 3.05) is 5.73 Å². The van der Waals surface area contributed by atoms with Crippen LogP contribution in [0.1, 0.15) is 21.5 Å². The van der Waals surface area contributed by atoms with Crippen LogP contribution in [0.25, 0.3) is 0 Å². The first-order valence-corrected chi connectivity index (χ1v) is 6.44. The maximum atomic E-state index is 12.5. The van der Waals surface area contributed by atoms with Gasteiger partial charge in [-0.05, 0) is 29.3 Å². The molecule has 96 valence electrons. The van der Waals surface area contributed by atoms with Gasteiger partial charge in [0.2, 0.25) is 0 Å². The minimum Gasteiger partial charge on any atom is -0.399 e. The molecule has 19 heavy (non-hydrogen) atoms. The zero-order valence-corrected chi connectivity index (χ0v) is 11.0. The number of nitrogens with zero attached hydrogens (tertiary/aromatic N) is 1. The average molecular weight is 273 g/mol. The Labute approximate surface area is 116 Å². The quantitative estimate of drug-likeness (QED) is 0.811. The summed E-state index contributed by atoms with van der Waals surface area (Å²) in [6.45, 7) is 1.25. The molecular weight excluding hydrogens is 260 g/mol. The van der Waals surface area contributed by atoms with E-state index in [0.29, 0.717) is 29.4 Å². The fraction of sp³-hybridized carbons (Fsp3) is 0.133. The van der Waals surface area contributed by atoms with Crippen molar-refractivity contribution in [3.63, 3.8) is 0 Å². The molecular formula is C15H13ClN2O. The summed E-state index contributed by atoms with van der Waals surface area (Å²) >= 11 is 6.08. The minimum atomic E-state index is -0.0755. The topological polar surface area (TPSA) is 46.3 Å². The Bertz CT molecular complexity index is 629. The molecule has 0 bridgehead atoms. The number of carbonyl (C=O) groups is 1. The van der Waals surface area contributed by atoms with Crippen LogP contribution in [0.4, 0.5) is 5.69 Å². The molecule has 0 aliphatic carbocycles. The van der Waals surface area contributed by atoms with Gasteiger partial charge in [0.05, 0.1) is 10.6 Å². The van der Waals surface area contributed by atoms with Crippen molar-refractivity contribution in [2.45, 2.75) is 13.1 Å². The van der Waals surface area contributed by atoms with Crippen molar-refractivity contribution in [3.8, 4) is 0 Å². The highest BCUT2D eigenvalue weighted by molar-refractivity contribution is 6.34. The summed E-state index contributed by atoms with van der Waals surface area (Å²) in [5.74, 6) is -0.0755. The third kappa shape index (κ3) is 2.17. The Morgan fingerprint density at radius 1 is 1.11 bits per heavy atom. The number of carbonyl (C=O) groups excluding carboxylic acids is 1. The lowest BCUT2D eigenvalue weighted by Crippen LogP contribution is -2.25. The van der Waals surface area contributed by atoms with Gasteiger partial charge in [0.25, 0.3) is 5.91 Å². The van der Waals surface area contributed by atoms with Gasteiger partial charge in [-0.1, -0.05) is 35.9 Å². The highest BCUT2D eigenvalue weighted by Crippen LogP contribution is 2.27. The summed E-state index contributed by atoms with van der Waals surface area (Å²) in [5.41, 5.74) is 9.11. The molecule has 0 unspecified atom stereocenters. The molecule has 0 fully saturated rings. The van der Waals surface area contributed by atoms with Crippen LogP contribution in [0.5, 0.6) is 0 Å². The molecule has 1 aliphatic rings. The number of nitrogens with two attached hydrogens (primary N) is 1. The number of anilines is 1. The first-order valence-electron chi connectivity index (χ1n) is 6.06. The van der Waals surface area contributed by atoms with E-state index in [0.717, 1.165) is 0 Å². The molecule has 0 atom stereocenters. The van der Waals surface area contributed by atoms with E-state index >= 15 is 0 Å². The van der Waals surface area contributed by atoms with Gasteiger partial charge in [-0.15, -0.1) is 0 Å². The molecule has 2 N–H and O–H groups in total. The molecule has 1 aliphatic heterocycles. The third-order valence-electron chi connectivity index (χ3n) is 3.35. The lowest BCUT2D eigenvalue weighted by molar-refractivity contribution is 0.0751. The molecule has 0 saturated heterocycles. The molecule has 0 radical (unpaired) electrons. The number of benzene rings is 2. The van der Waals surface area contributed by atoms with Gasteiger partial charge in [0.15, 0.2) is 0 Å². The molecule has 4 heteroatoms. The van der Waals surface area contributed by atoms with Crippen LogP contribution in [-0.4, -0.2) is 10.8 Å².